The Balaban J connectivity index is 2.15. The minimum Gasteiger partial charge on any atom is -0.493 e. The lowest BCUT2D eigenvalue weighted by atomic mass is 10.2. The van der Waals surface area contributed by atoms with Gasteiger partial charge in [0.1, 0.15) is 6.33 Å². The van der Waals surface area contributed by atoms with Crippen LogP contribution in [0.1, 0.15) is 5.56 Å². The van der Waals surface area contributed by atoms with Crippen molar-refractivity contribution in [2.75, 3.05) is 14.2 Å². The maximum Gasteiger partial charge on any atom is 0.162 e. The van der Waals surface area contributed by atoms with Gasteiger partial charge in [-0.25, -0.2) is 4.98 Å². The van der Waals surface area contributed by atoms with E-state index in [1.165, 1.54) is 5.56 Å². The van der Waals surface area contributed by atoms with Crippen molar-refractivity contribution >= 4 is 11.0 Å². The molecule has 0 amide bonds. The molecule has 0 bridgehead atoms. The molecule has 2 aromatic carbocycles. The number of rotatable bonds is 3. The topological polar surface area (TPSA) is 36.3 Å². The van der Waals surface area contributed by atoms with E-state index < -0.39 is 0 Å². The summed E-state index contributed by atoms with van der Waals surface area (Å²) < 4.78 is 12.6. The van der Waals surface area contributed by atoms with Crippen LogP contribution in [0.4, 0.5) is 0 Å². The van der Waals surface area contributed by atoms with Crippen LogP contribution in [0.3, 0.4) is 0 Å². The zero-order chi connectivity index (χ0) is 14.1. The maximum atomic E-state index is 5.35. The Bertz CT molecular complexity index is 762. The Kier molecular flexibility index (Phi) is 3.06. The number of aromatic nitrogens is 2. The number of benzene rings is 2. The van der Waals surface area contributed by atoms with E-state index in [1.54, 1.807) is 14.2 Å². The van der Waals surface area contributed by atoms with Gasteiger partial charge in [-0.3, -0.25) is 4.57 Å². The number of fused-ring (bicyclic) bond motifs is 1. The molecule has 102 valence electrons. The average Bonchev–Trinajstić information content (AvgIpc) is 2.89. The monoisotopic (exact) mass is 268 g/mol. The Hall–Kier alpha value is -2.49. The van der Waals surface area contributed by atoms with Crippen molar-refractivity contribution in [1.82, 2.24) is 9.55 Å². The number of methoxy groups -OCH3 is 2. The summed E-state index contributed by atoms with van der Waals surface area (Å²) in [6, 6.07) is 12.1. The molecule has 0 saturated heterocycles. The summed E-state index contributed by atoms with van der Waals surface area (Å²) in [6.45, 7) is 2.06. The minimum absolute atomic E-state index is 0.707. The summed E-state index contributed by atoms with van der Waals surface area (Å²) in [5.41, 5.74) is 4.26. The molecule has 1 heterocycles. The molecule has 0 radical (unpaired) electrons. The summed E-state index contributed by atoms with van der Waals surface area (Å²) in [4.78, 5) is 4.44. The Morgan fingerprint density at radius 2 is 1.75 bits per heavy atom. The third kappa shape index (κ3) is 1.99. The van der Waals surface area contributed by atoms with E-state index in [9.17, 15) is 0 Å². The summed E-state index contributed by atoms with van der Waals surface area (Å²) in [6.07, 6.45) is 1.82. The van der Waals surface area contributed by atoms with E-state index in [-0.39, 0.29) is 0 Å². The van der Waals surface area contributed by atoms with E-state index in [4.69, 9.17) is 9.47 Å². The Labute approximate surface area is 117 Å². The molecule has 3 rings (SSSR count). The predicted molar refractivity (Wildman–Crippen MR) is 78.9 cm³/mol. The number of aryl methyl sites for hydroxylation is 1. The quantitative estimate of drug-likeness (QED) is 0.731. The van der Waals surface area contributed by atoms with Crippen molar-refractivity contribution in [3.63, 3.8) is 0 Å². The van der Waals surface area contributed by atoms with Crippen LogP contribution in [0, 0.1) is 6.92 Å². The zero-order valence-electron chi connectivity index (χ0n) is 11.8. The Morgan fingerprint density at radius 3 is 2.50 bits per heavy atom. The van der Waals surface area contributed by atoms with Gasteiger partial charge in [0.2, 0.25) is 0 Å². The molecule has 4 nitrogen and oxygen atoms in total. The lowest BCUT2D eigenvalue weighted by Gasteiger charge is -2.10. The number of nitrogens with zero attached hydrogens (tertiary/aromatic N) is 2. The fourth-order valence-corrected chi connectivity index (χ4v) is 2.30. The predicted octanol–water partition coefficient (Wildman–Crippen LogP) is 3.35. The van der Waals surface area contributed by atoms with E-state index >= 15 is 0 Å². The summed E-state index contributed by atoms with van der Waals surface area (Å²) in [7, 11) is 3.27. The molecular formula is C16H16N2O2. The normalized spacial score (nSPS) is 10.8. The first-order chi connectivity index (χ1) is 9.72. The highest BCUT2D eigenvalue weighted by Gasteiger charge is 2.08. The number of hydrogen-bond acceptors (Lipinski definition) is 3. The first-order valence-corrected chi connectivity index (χ1v) is 6.39. The van der Waals surface area contributed by atoms with E-state index in [0.29, 0.717) is 5.75 Å². The van der Waals surface area contributed by atoms with Crippen molar-refractivity contribution in [1.29, 1.82) is 0 Å². The van der Waals surface area contributed by atoms with E-state index in [0.717, 1.165) is 22.5 Å². The van der Waals surface area contributed by atoms with Crippen molar-refractivity contribution in [3.05, 3.63) is 48.3 Å². The third-order valence-corrected chi connectivity index (χ3v) is 3.35. The lowest BCUT2D eigenvalue weighted by molar-refractivity contribution is 0.355. The number of imidazole rings is 1. The molecule has 0 aliphatic carbocycles. The van der Waals surface area contributed by atoms with E-state index in [2.05, 4.69) is 30.1 Å². The van der Waals surface area contributed by atoms with Crippen LogP contribution >= 0.6 is 0 Å². The van der Waals surface area contributed by atoms with Crippen LogP contribution in [0.2, 0.25) is 0 Å². The second kappa shape index (κ2) is 4.89. The summed E-state index contributed by atoms with van der Waals surface area (Å²) in [5.74, 6) is 1.43. The number of hydrogen-bond donors (Lipinski definition) is 0. The molecule has 0 N–H and O–H groups in total. The Morgan fingerprint density at radius 1 is 0.950 bits per heavy atom. The smallest absolute Gasteiger partial charge is 0.162 e. The molecule has 0 spiro atoms. The SMILES string of the molecule is COc1ccc(-n2cnc3cc(C)ccc32)cc1OC. The van der Waals surface area contributed by atoms with Crippen molar-refractivity contribution in [2.24, 2.45) is 0 Å². The van der Waals surface area contributed by atoms with Gasteiger partial charge in [0, 0.05) is 6.07 Å². The van der Waals surface area contributed by atoms with Gasteiger partial charge in [-0.2, -0.15) is 0 Å². The fraction of sp³-hybridized carbons (Fsp3) is 0.188. The van der Waals surface area contributed by atoms with Crippen molar-refractivity contribution < 1.29 is 9.47 Å². The molecule has 0 unspecified atom stereocenters. The van der Waals surface area contributed by atoms with Gasteiger partial charge in [-0.1, -0.05) is 6.07 Å². The van der Waals surface area contributed by atoms with Gasteiger partial charge >= 0.3 is 0 Å². The van der Waals surface area contributed by atoms with Crippen LogP contribution in [0.5, 0.6) is 11.5 Å². The van der Waals surface area contributed by atoms with Gasteiger partial charge in [-0.05, 0) is 36.8 Å². The molecule has 4 heteroatoms. The highest BCUT2D eigenvalue weighted by atomic mass is 16.5. The van der Waals surface area contributed by atoms with Gasteiger partial charge in [0.05, 0.1) is 30.9 Å². The lowest BCUT2D eigenvalue weighted by Crippen LogP contribution is -1.95. The van der Waals surface area contributed by atoms with E-state index in [1.807, 2.05) is 29.1 Å². The zero-order valence-corrected chi connectivity index (χ0v) is 11.8. The van der Waals surface area contributed by atoms with Crippen molar-refractivity contribution in [3.8, 4) is 17.2 Å². The summed E-state index contributed by atoms with van der Waals surface area (Å²) >= 11 is 0. The van der Waals surface area contributed by atoms with Crippen LogP contribution in [0.25, 0.3) is 16.7 Å². The molecule has 0 fully saturated rings. The molecular weight excluding hydrogens is 252 g/mol. The highest BCUT2D eigenvalue weighted by molar-refractivity contribution is 5.78. The first-order valence-electron chi connectivity index (χ1n) is 6.39. The molecule has 0 saturated carbocycles. The van der Waals surface area contributed by atoms with Gasteiger partial charge in [0.25, 0.3) is 0 Å². The third-order valence-electron chi connectivity index (χ3n) is 3.35. The average molecular weight is 268 g/mol. The number of ether oxygens (including phenoxy) is 2. The highest BCUT2D eigenvalue weighted by Crippen LogP contribution is 2.30. The second-order valence-electron chi connectivity index (χ2n) is 4.65. The fourth-order valence-electron chi connectivity index (χ4n) is 2.30. The van der Waals surface area contributed by atoms with Crippen LogP contribution in [-0.2, 0) is 0 Å². The molecule has 1 aromatic heterocycles. The van der Waals surface area contributed by atoms with Crippen LogP contribution in [0.15, 0.2) is 42.7 Å². The largest absolute Gasteiger partial charge is 0.493 e. The molecule has 3 aromatic rings. The van der Waals surface area contributed by atoms with Gasteiger partial charge in [-0.15, -0.1) is 0 Å². The minimum atomic E-state index is 0.707. The maximum absolute atomic E-state index is 5.35. The standard InChI is InChI=1S/C16H16N2O2/c1-11-4-6-14-13(8-11)17-10-18(14)12-5-7-15(19-2)16(9-12)20-3/h4-10H,1-3H3. The molecule has 0 atom stereocenters. The molecule has 0 aliphatic rings. The summed E-state index contributed by atoms with van der Waals surface area (Å²) in [5, 5.41) is 0. The van der Waals surface area contributed by atoms with Crippen LogP contribution < -0.4 is 9.47 Å². The van der Waals surface area contributed by atoms with Crippen molar-refractivity contribution in [2.45, 2.75) is 6.92 Å². The molecule has 0 aliphatic heterocycles. The van der Waals surface area contributed by atoms with Gasteiger partial charge in [0.15, 0.2) is 11.5 Å². The van der Waals surface area contributed by atoms with Gasteiger partial charge < -0.3 is 9.47 Å². The van der Waals surface area contributed by atoms with Crippen LogP contribution in [-0.4, -0.2) is 23.8 Å². The first kappa shape index (κ1) is 12.5. The molecule has 20 heavy (non-hydrogen) atoms. The second-order valence-corrected chi connectivity index (χ2v) is 4.65.